The zero-order valence-corrected chi connectivity index (χ0v) is 21.6. The third-order valence-corrected chi connectivity index (χ3v) is 6.54. The Morgan fingerprint density at radius 2 is 1.07 bits per heavy atom. The van der Waals surface area contributed by atoms with Gasteiger partial charge in [0.2, 0.25) is 23.7 Å². The third-order valence-electron chi connectivity index (χ3n) is 6.54. The minimum atomic E-state index is -0.462. The van der Waals surface area contributed by atoms with Crippen molar-refractivity contribution in [1.29, 1.82) is 0 Å². The van der Waals surface area contributed by atoms with Gasteiger partial charge in [-0.3, -0.25) is 29.1 Å². The number of nitrogens with one attached hydrogen (secondary N) is 4. The molecule has 18 heteroatoms. The maximum Gasteiger partial charge on any atom is 0.280 e. The number of rotatable bonds is 4. The monoisotopic (exact) mass is 554 g/mol. The highest BCUT2D eigenvalue weighted by Crippen LogP contribution is 2.09. The van der Waals surface area contributed by atoms with E-state index in [1.807, 2.05) is 0 Å². The number of hydrogen-bond donors (Lipinski definition) is 6. The molecular weight excluding hydrogens is 524 g/mol. The van der Waals surface area contributed by atoms with Crippen LogP contribution in [0.1, 0.15) is 0 Å². The minimum Gasteiger partial charge on any atom is -0.369 e. The number of nitrogens with two attached hydrogens (primary N) is 2. The molecule has 5 heterocycles. The highest BCUT2D eigenvalue weighted by atomic mass is 16.2. The van der Waals surface area contributed by atoms with Gasteiger partial charge >= 0.3 is 0 Å². The molecular formula is C22H30N14O4. The molecule has 40 heavy (non-hydrogen) atoms. The standard InChI is InChI=1S/C22H30N14O4/c23-21-29-17-15(19(39)31-21)27-11-35(17)9-13(37)33-5-1-25-2-6-34(8-4-26-3-7-33)14(38)10-36-12-28-16-18(36)30-22(24)32-20(16)40/h11-12,25-26H,1-10H2,(H3,23,29,31,39)(H3,24,30,32,40). The van der Waals surface area contributed by atoms with Gasteiger partial charge in [0.05, 0.1) is 12.7 Å². The van der Waals surface area contributed by atoms with Gasteiger partial charge in [-0.1, -0.05) is 0 Å². The Hall–Kier alpha value is -4.84. The maximum absolute atomic E-state index is 13.1. The van der Waals surface area contributed by atoms with E-state index in [0.29, 0.717) is 52.4 Å². The molecule has 2 amide bonds. The van der Waals surface area contributed by atoms with E-state index < -0.39 is 11.1 Å². The first-order chi connectivity index (χ1) is 19.3. The van der Waals surface area contributed by atoms with Gasteiger partial charge < -0.3 is 41.0 Å². The molecule has 18 nitrogen and oxygen atoms in total. The van der Waals surface area contributed by atoms with Crippen LogP contribution in [0.15, 0.2) is 22.2 Å². The molecule has 1 saturated heterocycles. The second-order valence-corrected chi connectivity index (χ2v) is 9.25. The molecule has 0 atom stereocenters. The van der Waals surface area contributed by atoms with Crippen LogP contribution in [0, 0.1) is 0 Å². The molecule has 1 aliphatic rings. The van der Waals surface area contributed by atoms with Gasteiger partial charge in [-0.15, -0.1) is 0 Å². The molecule has 5 rings (SSSR count). The number of aromatic amines is 2. The molecule has 0 radical (unpaired) electrons. The lowest BCUT2D eigenvalue weighted by atomic mass is 10.3. The summed E-state index contributed by atoms with van der Waals surface area (Å²) >= 11 is 0. The van der Waals surface area contributed by atoms with E-state index in [9.17, 15) is 19.2 Å². The second-order valence-electron chi connectivity index (χ2n) is 9.25. The summed E-state index contributed by atoms with van der Waals surface area (Å²) < 4.78 is 3.01. The predicted molar refractivity (Wildman–Crippen MR) is 144 cm³/mol. The average Bonchev–Trinajstić information content (AvgIpc) is 3.48. The SMILES string of the molecule is Nc1nc2c(ncn2CC(=O)N2CCNCCN(C(=O)Cn3cnc4c(=O)[nH]c(N)nc43)CCNCC2)c(=O)[nH]1. The van der Waals surface area contributed by atoms with Crippen LogP contribution in [0.5, 0.6) is 0 Å². The van der Waals surface area contributed by atoms with Gasteiger partial charge in [-0.25, -0.2) is 9.97 Å². The highest BCUT2D eigenvalue weighted by molar-refractivity contribution is 5.80. The minimum absolute atomic E-state index is 0.0377. The molecule has 0 spiro atoms. The molecule has 0 unspecified atom stereocenters. The van der Waals surface area contributed by atoms with E-state index in [1.54, 1.807) is 9.80 Å². The molecule has 0 saturated carbocycles. The van der Waals surface area contributed by atoms with Crippen molar-refractivity contribution >= 4 is 46.0 Å². The molecule has 0 aliphatic carbocycles. The summed E-state index contributed by atoms with van der Waals surface area (Å²) in [5, 5.41) is 6.57. The van der Waals surface area contributed by atoms with E-state index in [1.165, 1.54) is 21.8 Å². The quantitative estimate of drug-likeness (QED) is 0.143. The van der Waals surface area contributed by atoms with Crippen LogP contribution >= 0.6 is 0 Å². The highest BCUT2D eigenvalue weighted by Gasteiger charge is 2.20. The van der Waals surface area contributed by atoms with Gasteiger partial charge in [0.25, 0.3) is 11.1 Å². The van der Waals surface area contributed by atoms with Crippen LogP contribution in [0.4, 0.5) is 11.9 Å². The van der Waals surface area contributed by atoms with E-state index in [-0.39, 0.29) is 59.1 Å². The topological polar surface area (TPSA) is 244 Å². The van der Waals surface area contributed by atoms with Gasteiger partial charge in [-0.2, -0.15) is 9.97 Å². The van der Waals surface area contributed by atoms with Crippen molar-refractivity contribution in [2.45, 2.75) is 13.1 Å². The number of fused-ring (bicyclic) bond motifs is 2. The first-order valence-corrected chi connectivity index (χ1v) is 12.7. The summed E-state index contributed by atoms with van der Waals surface area (Å²) in [4.78, 5) is 74.8. The number of carbonyl (C=O) groups is 2. The fraction of sp³-hybridized carbons (Fsp3) is 0.455. The summed E-state index contributed by atoms with van der Waals surface area (Å²) in [7, 11) is 0. The van der Waals surface area contributed by atoms with Gasteiger partial charge in [0, 0.05) is 52.4 Å². The third kappa shape index (κ3) is 5.76. The Kier molecular flexibility index (Phi) is 7.69. The van der Waals surface area contributed by atoms with Gasteiger partial charge in [-0.05, 0) is 0 Å². The zero-order valence-electron chi connectivity index (χ0n) is 21.6. The first-order valence-electron chi connectivity index (χ1n) is 12.7. The van der Waals surface area contributed by atoms with E-state index in [4.69, 9.17) is 11.5 Å². The number of nitrogen functional groups attached to an aromatic ring is 2. The molecule has 4 aromatic heterocycles. The van der Waals surface area contributed by atoms with Crippen molar-refractivity contribution in [2.75, 3.05) is 63.8 Å². The number of H-pyrrole nitrogens is 2. The van der Waals surface area contributed by atoms with Crippen molar-refractivity contribution in [3.8, 4) is 0 Å². The van der Waals surface area contributed by atoms with Gasteiger partial charge in [0.1, 0.15) is 13.1 Å². The summed E-state index contributed by atoms with van der Waals surface area (Å²) in [5.41, 5.74) is 11.1. The smallest absolute Gasteiger partial charge is 0.280 e. The van der Waals surface area contributed by atoms with E-state index in [0.717, 1.165) is 0 Å². The second kappa shape index (κ2) is 11.5. The largest absolute Gasteiger partial charge is 0.369 e. The van der Waals surface area contributed by atoms with Crippen LogP contribution in [0.25, 0.3) is 22.3 Å². The number of carbonyl (C=O) groups excluding carboxylic acids is 2. The summed E-state index contributed by atoms with van der Waals surface area (Å²) in [6.07, 6.45) is 2.80. The number of anilines is 2. The molecule has 1 aliphatic heterocycles. The van der Waals surface area contributed by atoms with Gasteiger partial charge in [0.15, 0.2) is 22.3 Å². The lowest BCUT2D eigenvalue weighted by Crippen LogP contribution is -2.47. The molecule has 212 valence electrons. The number of hydrogen-bond acceptors (Lipinski definition) is 12. The first kappa shape index (κ1) is 26.8. The lowest BCUT2D eigenvalue weighted by molar-refractivity contribution is -0.131. The Morgan fingerprint density at radius 3 is 1.45 bits per heavy atom. The molecule has 0 bridgehead atoms. The molecule has 0 aromatic carbocycles. The fourth-order valence-electron chi connectivity index (χ4n) is 4.49. The summed E-state index contributed by atoms with van der Waals surface area (Å²) in [6, 6.07) is 0. The average molecular weight is 555 g/mol. The molecule has 8 N–H and O–H groups in total. The summed E-state index contributed by atoms with van der Waals surface area (Å²) in [5.74, 6) is -0.404. The predicted octanol–water partition coefficient (Wildman–Crippen LogP) is -3.73. The van der Waals surface area contributed by atoms with Crippen LogP contribution in [-0.2, 0) is 22.7 Å². The molecule has 4 aromatic rings. The number of imidazole rings is 2. The van der Waals surface area contributed by atoms with Crippen molar-refractivity contribution in [3.05, 3.63) is 33.4 Å². The Balaban J connectivity index is 1.17. The Labute approximate surface area is 225 Å². The van der Waals surface area contributed by atoms with Crippen molar-refractivity contribution in [3.63, 3.8) is 0 Å². The zero-order chi connectivity index (χ0) is 28.2. The Morgan fingerprint density at radius 1 is 0.700 bits per heavy atom. The van der Waals surface area contributed by atoms with Crippen LogP contribution < -0.4 is 33.2 Å². The van der Waals surface area contributed by atoms with Crippen LogP contribution in [-0.4, -0.2) is 113 Å². The number of amides is 2. The van der Waals surface area contributed by atoms with E-state index >= 15 is 0 Å². The van der Waals surface area contributed by atoms with Crippen molar-refractivity contribution in [2.24, 2.45) is 0 Å². The normalized spacial score (nSPS) is 15.7. The number of aromatic nitrogens is 8. The van der Waals surface area contributed by atoms with Crippen LogP contribution in [0.3, 0.4) is 0 Å². The van der Waals surface area contributed by atoms with Crippen LogP contribution in [0.2, 0.25) is 0 Å². The fourth-order valence-corrected chi connectivity index (χ4v) is 4.49. The Bertz CT molecular complexity index is 1520. The van der Waals surface area contributed by atoms with E-state index in [2.05, 4.69) is 40.5 Å². The van der Waals surface area contributed by atoms with Crippen molar-refractivity contribution < 1.29 is 9.59 Å². The number of nitrogens with zero attached hydrogens (tertiary/aromatic N) is 8. The molecule has 1 fully saturated rings. The lowest BCUT2D eigenvalue weighted by Gasteiger charge is -2.27. The van der Waals surface area contributed by atoms with Crippen molar-refractivity contribution in [1.82, 2.24) is 59.5 Å². The summed E-state index contributed by atoms with van der Waals surface area (Å²) in [6.45, 7) is 3.76. The maximum atomic E-state index is 13.1.